The Bertz CT molecular complexity index is 620. The van der Waals surface area contributed by atoms with Crippen molar-refractivity contribution < 1.29 is 13.9 Å². The lowest BCUT2D eigenvalue weighted by molar-refractivity contribution is 0.0924. The first kappa shape index (κ1) is 14.7. The number of nitrogen functional groups attached to an aromatic ring is 1. The fourth-order valence-corrected chi connectivity index (χ4v) is 2.13. The fraction of sp³-hybridized carbons (Fsp3) is 0.154. The van der Waals surface area contributed by atoms with Gasteiger partial charge in [-0.3, -0.25) is 10.2 Å². The van der Waals surface area contributed by atoms with Crippen LogP contribution in [0.5, 0.6) is 5.75 Å². The average molecular weight is 315 g/mol. The smallest absolute Gasteiger partial charge is 0.300 e. The third-order valence-electron chi connectivity index (χ3n) is 2.61. The zero-order valence-electron chi connectivity index (χ0n) is 10.6. The third kappa shape index (κ3) is 3.45. The Hall–Kier alpha value is -1.69. The van der Waals surface area contributed by atoms with E-state index in [1.54, 1.807) is 31.2 Å². The second kappa shape index (κ2) is 6.17. The van der Waals surface area contributed by atoms with Crippen LogP contribution < -0.4 is 16.0 Å². The summed E-state index contributed by atoms with van der Waals surface area (Å²) >= 11 is 11.8. The highest BCUT2D eigenvalue weighted by Gasteiger charge is 2.13. The zero-order chi connectivity index (χ0) is 14.7. The lowest BCUT2D eigenvalue weighted by Gasteiger charge is -2.06. The highest BCUT2D eigenvalue weighted by Crippen LogP contribution is 2.25. The molecule has 5 nitrogen and oxygen atoms in total. The molecule has 1 aromatic heterocycles. The molecule has 0 saturated carbocycles. The van der Waals surface area contributed by atoms with Gasteiger partial charge in [0.25, 0.3) is 0 Å². The monoisotopic (exact) mass is 314 g/mol. The molecule has 0 aliphatic carbocycles. The summed E-state index contributed by atoms with van der Waals surface area (Å²) in [6, 6.07) is 6.49. The Kier molecular flexibility index (Phi) is 4.54. The molecule has 0 atom stereocenters. The van der Waals surface area contributed by atoms with E-state index in [9.17, 15) is 4.79 Å². The Labute approximate surface area is 125 Å². The Morgan fingerprint density at radius 1 is 1.30 bits per heavy atom. The number of nitrogens with one attached hydrogen (secondary N) is 1. The Balaban J connectivity index is 2.10. The van der Waals surface area contributed by atoms with E-state index in [1.165, 1.54) is 0 Å². The lowest BCUT2D eigenvalue weighted by atomic mass is 10.2. The van der Waals surface area contributed by atoms with Gasteiger partial charge in [-0.15, -0.1) is 0 Å². The summed E-state index contributed by atoms with van der Waals surface area (Å²) < 4.78 is 10.8. The van der Waals surface area contributed by atoms with E-state index in [0.29, 0.717) is 21.6 Å². The maximum atomic E-state index is 11.3. The van der Waals surface area contributed by atoms with E-state index in [-0.39, 0.29) is 12.4 Å². The first-order valence-corrected chi connectivity index (χ1v) is 6.44. The molecule has 0 aliphatic rings. The van der Waals surface area contributed by atoms with Crippen molar-refractivity contribution in [1.82, 2.24) is 5.43 Å². The van der Waals surface area contributed by atoms with Gasteiger partial charge in [-0.25, -0.2) is 5.84 Å². The molecule has 2 rings (SSSR count). The summed E-state index contributed by atoms with van der Waals surface area (Å²) in [7, 11) is 0. The van der Waals surface area contributed by atoms with Crippen molar-refractivity contribution in [3.05, 3.63) is 51.4 Å². The van der Waals surface area contributed by atoms with Crippen molar-refractivity contribution in [2.75, 3.05) is 0 Å². The number of aryl methyl sites for hydroxylation is 1. The lowest BCUT2D eigenvalue weighted by Crippen LogP contribution is -2.29. The molecule has 106 valence electrons. The molecule has 3 N–H and O–H groups in total. The van der Waals surface area contributed by atoms with Crippen molar-refractivity contribution in [3.63, 3.8) is 0 Å². The number of amides is 1. The van der Waals surface area contributed by atoms with Crippen LogP contribution in [0.1, 0.15) is 21.9 Å². The van der Waals surface area contributed by atoms with E-state index in [4.69, 9.17) is 38.2 Å². The number of benzene rings is 1. The summed E-state index contributed by atoms with van der Waals surface area (Å²) in [5.74, 6) is 5.79. The van der Waals surface area contributed by atoms with E-state index < -0.39 is 5.91 Å². The van der Waals surface area contributed by atoms with Crippen LogP contribution in [0.4, 0.5) is 0 Å². The number of carbonyl (C=O) groups excluding carboxylic acids is 1. The first-order chi connectivity index (χ1) is 9.49. The third-order valence-corrected chi connectivity index (χ3v) is 3.04. The number of hydrazine groups is 1. The van der Waals surface area contributed by atoms with E-state index in [0.717, 1.165) is 5.56 Å². The molecular weight excluding hydrogens is 303 g/mol. The van der Waals surface area contributed by atoms with Crippen LogP contribution in [0.15, 0.2) is 28.7 Å². The summed E-state index contributed by atoms with van der Waals surface area (Å²) in [4.78, 5) is 11.3. The molecule has 0 saturated heterocycles. The van der Waals surface area contributed by atoms with Gasteiger partial charge in [-0.2, -0.15) is 0 Å². The SMILES string of the molecule is Cc1oc(C(=O)NN)cc1COc1cc(Cl)cc(Cl)c1. The minimum Gasteiger partial charge on any atom is -0.489 e. The van der Waals surface area contributed by atoms with Gasteiger partial charge in [-0.1, -0.05) is 23.2 Å². The quantitative estimate of drug-likeness (QED) is 0.516. The van der Waals surface area contributed by atoms with Gasteiger partial charge >= 0.3 is 5.91 Å². The number of hydrogen-bond acceptors (Lipinski definition) is 4. The predicted octanol–water partition coefficient (Wildman–Crippen LogP) is 3.08. The topological polar surface area (TPSA) is 77.5 Å². The van der Waals surface area contributed by atoms with E-state index in [2.05, 4.69) is 0 Å². The fourth-order valence-electron chi connectivity index (χ4n) is 1.62. The van der Waals surface area contributed by atoms with Crippen LogP contribution in [-0.4, -0.2) is 5.91 Å². The highest BCUT2D eigenvalue weighted by molar-refractivity contribution is 6.34. The van der Waals surface area contributed by atoms with Gasteiger partial charge < -0.3 is 9.15 Å². The minimum absolute atomic E-state index is 0.132. The zero-order valence-corrected chi connectivity index (χ0v) is 12.1. The maximum Gasteiger partial charge on any atom is 0.300 e. The summed E-state index contributed by atoms with van der Waals surface area (Å²) in [6.07, 6.45) is 0. The molecule has 0 unspecified atom stereocenters. The molecule has 0 radical (unpaired) electrons. The Morgan fingerprint density at radius 2 is 1.95 bits per heavy atom. The molecule has 1 amide bonds. The number of halogens is 2. The van der Waals surface area contributed by atoms with Gasteiger partial charge in [0.1, 0.15) is 18.1 Å². The number of rotatable bonds is 4. The van der Waals surface area contributed by atoms with Crippen LogP contribution in [0.25, 0.3) is 0 Å². The van der Waals surface area contributed by atoms with Crippen molar-refractivity contribution in [2.45, 2.75) is 13.5 Å². The minimum atomic E-state index is -0.495. The second-order valence-corrected chi connectivity index (χ2v) is 4.93. The number of carbonyl (C=O) groups is 1. The van der Waals surface area contributed by atoms with Gasteiger partial charge in [0.15, 0.2) is 5.76 Å². The normalized spacial score (nSPS) is 10.4. The highest BCUT2D eigenvalue weighted by atomic mass is 35.5. The van der Waals surface area contributed by atoms with Crippen LogP contribution in [0.2, 0.25) is 10.0 Å². The molecule has 0 fully saturated rings. The summed E-state index contributed by atoms with van der Waals surface area (Å²) in [6.45, 7) is 1.96. The van der Waals surface area contributed by atoms with Crippen molar-refractivity contribution >= 4 is 29.1 Å². The second-order valence-electron chi connectivity index (χ2n) is 4.06. The van der Waals surface area contributed by atoms with Crippen LogP contribution in [0.3, 0.4) is 0 Å². The van der Waals surface area contributed by atoms with Crippen LogP contribution in [0, 0.1) is 6.92 Å². The summed E-state index contributed by atoms with van der Waals surface area (Å²) in [5.41, 5.74) is 2.74. The Morgan fingerprint density at radius 3 is 2.55 bits per heavy atom. The summed E-state index contributed by atoms with van der Waals surface area (Å²) in [5, 5.41) is 0.972. The molecule has 20 heavy (non-hydrogen) atoms. The molecule has 7 heteroatoms. The van der Waals surface area contributed by atoms with Gasteiger partial charge in [0.2, 0.25) is 0 Å². The van der Waals surface area contributed by atoms with E-state index in [1.807, 2.05) is 5.43 Å². The molecule has 0 spiro atoms. The maximum absolute atomic E-state index is 11.3. The van der Waals surface area contributed by atoms with Crippen LogP contribution >= 0.6 is 23.2 Å². The number of nitrogens with two attached hydrogens (primary N) is 1. The molecular formula is C13H12Cl2N2O3. The first-order valence-electron chi connectivity index (χ1n) is 5.68. The molecule has 2 aromatic rings. The number of hydrogen-bond donors (Lipinski definition) is 2. The molecule has 1 heterocycles. The predicted molar refractivity (Wildman–Crippen MR) is 75.9 cm³/mol. The van der Waals surface area contributed by atoms with Gasteiger partial charge in [0.05, 0.1) is 0 Å². The molecule has 0 aliphatic heterocycles. The standard InChI is InChI=1S/C13H12Cl2N2O3/c1-7-8(2-12(20-7)13(18)17-16)6-19-11-4-9(14)3-10(15)5-11/h2-5H,6,16H2,1H3,(H,17,18). The van der Waals surface area contributed by atoms with Crippen LogP contribution in [-0.2, 0) is 6.61 Å². The molecule has 1 aromatic carbocycles. The number of ether oxygens (including phenoxy) is 1. The number of furan rings is 1. The van der Waals surface area contributed by atoms with Gasteiger partial charge in [-0.05, 0) is 31.2 Å². The largest absolute Gasteiger partial charge is 0.489 e. The van der Waals surface area contributed by atoms with Gasteiger partial charge in [0, 0.05) is 15.6 Å². The van der Waals surface area contributed by atoms with E-state index >= 15 is 0 Å². The molecule has 0 bridgehead atoms. The van der Waals surface area contributed by atoms with Crippen molar-refractivity contribution in [3.8, 4) is 5.75 Å². The average Bonchev–Trinajstić information content (AvgIpc) is 2.76. The van der Waals surface area contributed by atoms with Crippen molar-refractivity contribution in [1.29, 1.82) is 0 Å². The van der Waals surface area contributed by atoms with Crippen molar-refractivity contribution in [2.24, 2.45) is 5.84 Å².